The lowest BCUT2D eigenvalue weighted by Crippen LogP contribution is -2.32. The van der Waals surface area contributed by atoms with Gasteiger partial charge < -0.3 is 15.5 Å². The Morgan fingerprint density at radius 1 is 1.07 bits per heavy atom. The van der Waals surface area contributed by atoms with Crippen LogP contribution in [0.3, 0.4) is 0 Å². The molecule has 0 bridgehead atoms. The summed E-state index contributed by atoms with van der Waals surface area (Å²) in [4.78, 5) is 16.0. The van der Waals surface area contributed by atoms with Crippen molar-refractivity contribution in [3.05, 3.63) is 77.5 Å². The van der Waals surface area contributed by atoms with Crippen molar-refractivity contribution < 1.29 is 0 Å². The van der Waals surface area contributed by atoms with Crippen molar-refractivity contribution in [1.82, 2.24) is 15.3 Å². The second kappa shape index (κ2) is 8.01. The molecule has 3 heterocycles. The van der Waals surface area contributed by atoms with Crippen molar-refractivity contribution in [2.45, 2.75) is 19.0 Å². The van der Waals surface area contributed by atoms with Gasteiger partial charge in [-0.15, -0.1) is 0 Å². The molecule has 2 N–H and O–H groups in total. The molecule has 0 saturated carbocycles. The Morgan fingerprint density at radius 2 is 2.00 bits per heavy atom. The minimum Gasteiger partial charge on any atom is -0.340 e. The Kier molecular flexibility index (Phi) is 4.92. The van der Waals surface area contributed by atoms with Gasteiger partial charge in [-0.3, -0.25) is 4.99 Å². The van der Waals surface area contributed by atoms with Crippen LogP contribution in [0.4, 0.5) is 17.5 Å². The van der Waals surface area contributed by atoms with Crippen LogP contribution in [0.5, 0.6) is 0 Å². The summed E-state index contributed by atoms with van der Waals surface area (Å²) in [5.74, 6) is 1.57. The Balaban J connectivity index is 1.35. The predicted octanol–water partition coefficient (Wildman–Crippen LogP) is 3.69. The maximum absolute atomic E-state index is 4.80. The van der Waals surface area contributed by atoms with Gasteiger partial charge in [0.1, 0.15) is 5.82 Å². The molecule has 1 unspecified atom stereocenters. The van der Waals surface area contributed by atoms with Crippen molar-refractivity contribution in [1.29, 1.82) is 0 Å². The molecule has 146 valence electrons. The lowest BCUT2D eigenvalue weighted by atomic mass is 10.1. The van der Waals surface area contributed by atoms with Gasteiger partial charge in [0.05, 0.1) is 6.54 Å². The highest BCUT2D eigenvalue weighted by atomic mass is 15.3. The Bertz CT molecular complexity index is 1020. The third kappa shape index (κ3) is 3.98. The average molecular weight is 384 g/mol. The number of aromatic nitrogens is 2. The van der Waals surface area contributed by atoms with Crippen LogP contribution in [0.1, 0.15) is 29.2 Å². The molecule has 0 aliphatic carbocycles. The summed E-state index contributed by atoms with van der Waals surface area (Å²) >= 11 is 0. The summed E-state index contributed by atoms with van der Waals surface area (Å²) in [5, 5.41) is 7.07. The Hall–Kier alpha value is -3.25. The summed E-state index contributed by atoms with van der Waals surface area (Å²) < 4.78 is 0. The van der Waals surface area contributed by atoms with Crippen LogP contribution in [0, 0.1) is 0 Å². The maximum atomic E-state index is 4.80. The molecule has 1 atom stereocenters. The predicted molar refractivity (Wildman–Crippen MR) is 117 cm³/mol. The fourth-order valence-corrected chi connectivity index (χ4v) is 3.91. The summed E-state index contributed by atoms with van der Waals surface area (Å²) in [5.41, 5.74) is 4.76. The molecule has 29 heavy (non-hydrogen) atoms. The molecule has 6 nitrogen and oxygen atoms in total. The molecule has 2 aliphatic heterocycles. The molecular weight excluding hydrogens is 360 g/mol. The van der Waals surface area contributed by atoms with Crippen LogP contribution in [0.25, 0.3) is 0 Å². The normalized spacial score (nSPS) is 18.3. The van der Waals surface area contributed by atoms with Crippen molar-refractivity contribution >= 4 is 23.7 Å². The molecule has 2 aromatic carbocycles. The van der Waals surface area contributed by atoms with Gasteiger partial charge in [0.25, 0.3) is 0 Å². The van der Waals surface area contributed by atoms with Crippen molar-refractivity contribution in [2.24, 2.45) is 4.99 Å². The number of hydrogen-bond acceptors (Lipinski definition) is 6. The minimum absolute atomic E-state index is 0.273. The molecule has 1 aromatic heterocycles. The van der Waals surface area contributed by atoms with E-state index in [9.17, 15) is 0 Å². The zero-order valence-corrected chi connectivity index (χ0v) is 16.3. The van der Waals surface area contributed by atoms with Crippen LogP contribution < -0.4 is 15.5 Å². The number of benzene rings is 2. The topological polar surface area (TPSA) is 65.4 Å². The molecule has 0 spiro atoms. The monoisotopic (exact) mass is 384 g/mol. The molecule has 0 amide bonds. The van der Waals surface area contributed by atoms with E-state index < -0.39 is 0 Å². The first-order valence-electron chi connectivity index (χ1n) is 10.1. The number of hydrogen-bond donors (Lipinski definition) is 2. The number of rotatable bonds is 4. The Morgan fingerprint density at radius 3 is 2.93 bits per heavy atom. The summed E-state index contributed by atoms with van der Waals surface area (Å²) in [6.07, 6.45) is 4.82. The Labute approximate surface area is 170 Å². The van der Waals surface area contributed by atoms with Gasteiger partial charge in [-0.2, -0.15) is 4.98 Å². The second-order valence-corrected chi connectivity index (χ2v) is 7.47. The first kappa shape index (κ1) is 17.8. The van der Waals surface area contributed by atoms with Crippen LogP contribution in [-0.4, -0.2) is 35.8 Å². The number of fused-ring (bicyclic) bond motifs is 1. The third-order valence-electron chi connectivity index (χ3n) is 5.44. The van der Waals surface area contributed by atoms with Gasteiger partial charge in [0.15, 0.2) is 0 Å². The van der Waals surface area contributed by atoms with Gasteiger partial charge in [-0.05, 0) is 47.9 Å². The lowest BCUT2D eigenvalue weighted by molar-refractivity contribution is 0.568. The van der Waals surface area contributed by atoms with Crippen LogP contribution >= 0.6 is 0 Å². The summed E-state index contributed by atoms with van der Waals surface area (Å²) in [6.45, 7) is 3.56. The number of nitrogens with one attached hydrogen (secondary N) is 2. The van der Waals surface area contributed by atoms with E-state index in [-0.39, 0.29) is 6.04 Å². The van der Waals surface area contributed by atoms with Crippen molar-refractivity contribution in [3.8, 4) is 0 Å². The maximum Gasteiger partial charge on any atom is 0.227 e. The van der Waals surface area contributed by atoms with E-state index in [1.54, 1.807) is 0 Å². The smallest absolute Gasteiger partial charge is 0.227 e. The van der Waals surface area contributed by atoms with Crippen molar-refractivity contribution in [3.63, 3.8) is 0 Å². The molecule has 1 fully saturated rings. The number of nitrogens with zero attached hydrogens (tertiary/aromatic N) is 4. The van der Waals surface area contributed by atoms with E-state index in [2.05, 4.69) is 74.0 Å². The van der Waals surface area contributed by atoms with E-state index in [0.29, 0.717) is 0 Å². The lowest BCUT2D eigenvalue weighted by Gasteiger charge is -2.25. The first-order chi connectivity index (χ1) is 14.3. The largest absolute Gasteiger partial charge is 0.340 e. The molecule has 1 saturated heterocycles. The van der Waals surface area contributed by atoms with E-state index in [1.165, 1.54) is 16.7 Å². The van der Waals surface area contributed by atoms with Gasteiger partial charge in [0.2, 0.25) is 5.95 Å². The molecule has 5 rings (SSSR count). The van der Waals surface area contributed by atoms with E-state index in [1.807, 2.05) is 18.5 Å². The number of aliphatic imine (C=N–C) groups is 1. The quantitative estimate of drug-likeness (QED) is 0.718. The van der Waals surface area contributed by atoms with E-state index in [4.69, 9.17) is 4.98 Å². The summed E-state index contributed by atoms with van der Waals surface area (Å²) in [6, 6.07) is 19.1. The van der Waals surface area contributed by atoms with E-state index in [0.717, 1.165) is 50.1 Å². The van der Waals surface area contributed by atoms with Crippen molar-refractivity contribution in [2.75, 3.05) is 29.9 Å². The molecule has 3 aromatic rings. The highest BCUT2D eigenvalue weighted by Crippen LogP contribution is 2.24. The zero-order valence-electron chi connectivity index (χ0n) is 16.3. The van der Waals surface area contributed by atoms with Gasteiger partial charge >= 0.3 is 0 Å². The van der Waals surface area contributed by atoms with Gasteiger partial charge in [0, 0.05) is 37.2 Å². The van der Waals surface area contributed by atoms with Crippen LogP contribution in [-0.2, 0) is 6.54 Å². The first-order valence-corrected chi connectivity index (χ1v) is 10.1. The van der Waals surface area contributed by atoms with Gasteiger partial charge in [-0.1, -0.05) is 36.4 Å². The highest BCUT2D eigenvalue weighted by Gasteiger charge is 2.21. The number of anilines is 3. The third-order valence-corrected chi connectivity index (χ3v) is 5.44. The molecule has 6 heteroatoms. The molecule has 0 radical (unpaired) electrons. The van der Waals surface area contributed by atoms with E-state index >= 15 is 0 Å². The second-order valence-electron chi connectivity index (χ2n) is 7.47. The molecular formula is C23H24N6. The van der Waals surface area contributed by atoms with Crippen LogP contribution in [0.15, 0.2) is 65.8 Å². The zero-order chi connectivity index (χ0) is 19.5. The van der Waals surface area contributed by atoms with Crippen LogP contribution in [0.2, 0.25) is 0 Å². The standard InChI is InChI=1S/C23H24N6/c1-2-5-17(6-3-1)21-16-29(12-4-10-25-21)23-26-11-9-22(28-23)27-20-8-7-18-14-24-15-19(18)13-20/h1-3,5-9,11,13,15,21,25H,4,10,12,14,16H2,(H,26,27,28). The minimum atomic E-state index is 0.273. The fourth-order valence-electron chi connectivity index (χ4n) is 3.91. The van der Waals surface area contributed by atoms with Gasteiger partial charge in [-0.25, -0.2) is 4.98 Å². The average Bonchev–Trinajstić information content (AvgIpc) is 3.09. The fraction of sp³-hybridized carbons (Fsp3) is 0.261. The SMILES string of the molecule is C1=NCc2ccc(Nc3ccnc(N4CCCNC(c5ccccc5)C4)n3)cc21. The summed E-state index contributed by atoms with van der Waals surface area (Å²) in [7, 11) is 0. The molecule has 2 aliphatic rings. The highest BCUT2D eigenvalue weighted by molar-refractivity contribution is 5.86.